The molecule has 2 aromatic heterocycles. The minimum atomic E-state index is -1.19. The quantitative estimate of drug-likeness (QED) is 0.875. The van der Waals surface area contributed by atoms with Crippen molar-refractivity contribution in [3.8, 4) is 0 Å². The fourth-order valence-corrected chi connectivity index (χ4v) is 2.47. The van der Waals surface area contributed by atoms with Crippen molar-refractivity contribution in [2.75, 3.05) is 0 Å². The predicted molar refractivity (Wildman–Crippen MR) is 87.3 cm³/mol. The Bertz CT molecular complexity index is 828. The molecule has 24 heavy (non-hydrogen) atoms. The monoisotopic (exact) mass is 332 g/mol. The molecule has 2 aromatic rings. The second-order valence-corrected chi connectivity index (χ2v) is 6.70. The number of nitrogens with zero attached hydrogens (tertiary/aromatic N) is 2. The van der Waals surface area contributed by atoms with Gasteiger partial charge in [0.25, 0.3) is 0 Å². The maximum Gasteiger partial charge on any atom is 0.525 e. The first-order chi connectivity index (χ1) is 11.1. The molecule has 0 spiro atoms. The zero-order valence-electron chi connectivity index (χ0n) is 13.9. The number of imidazole rings is 1. The molecule has 1 aliphatic heterocycles. The molecule has 1 N–H and O–H groups in total. The SMILES string of the molecule is CC1(C)OB(C(F)=Cc2nc(C(=O)O)n3ccccc23)OC1(C)C. The van der Waals surface area contributed by atoms with Crippen molar-refractivity contribution in [3.63, 3.8) is 0 Å². The van der Waals surface area contributed by atoms with Crippen molar-refractivity contribution in [1.82, 2.24) is 9.38 Å². The van der Waals surface area contributed by atoms with Crippen LogP contribution >= 0.6 is 0 Å². The van der Waals surface area contributed by atoms with Crippen molar-refractivity contribution in [2.24, 2.45) is 0 Å². The van der Waals surface area contributed by atoms with Gasteiger partial charge in [-0.3, -0.25) is 4.40 Å². The topological polar surface area (TPSA) is 73.1 Å². The number of aromatic carboxylic acids is 1. The standard InChI is InChI=1S/C16H18BFN2O4/c1-15(2)16(3,4)24-17(23-15)12(18)9-10-11-7-5-6-8-20(11)13(19-10)14(21)22/h5-9H,1-4H3,(H,21,22). The second kappa shape index (κ2) is 5.42. The molecule has 0 bridgehead atoms. The molecule has 1 saturated heterocycles. The smallest absolute Gasteiger partial charge is 0.475 e. The van der Waals surface area contributed by atoms with E-state index >= 15 is 0 Å². The first-order valence-electron chi connectivity index (χ1n) is 7.55. The highest BCUT2D eigenvalue weighted by Gasteiger charge is 2.53. The van der Waals surface area contributed by atoms with E-state index in [0.717, 1.165) is 6.08 Å². The molecular formula is C16H18BFN2O4. The summed E-state index contributed by atoms with van der Waals surface area (Å²) in [6.45, 7) is 7.31. The number of hydrogen-bond donors (Lipinski definition) is 1. The van der Waals surface area contributed by atoms with Gasteiger partial charge < -0.3 is 14.4 Å². The Morgan fingerprint density at radius 3 is 2.50 bits per heavy atom. The number of carboxylic acids is 1. The van der Waals surface area contributed by atoms with E-state index in [1.807, 2.05) is 27.7 Å². The van der Waals surface area contributed by atoms with E-state index in [9.17, 15) is 14.3 Å². The molecule has 0 amide bonds. The third kappa shape index (κ3) is 2.61. The van der Waals surface area contributed by atoms with Crippen LogP contribution in [0.25, 0.3) is 11.6 Å². The lowest BCUT2D eigenvalue weighted by atomic mass is 9.87. The van der Waals surface area contributed by atoms with Crippen LogP contribution in [-0.2, 0) is 9.31 Å². The molecular weight excluding hydrogens is 314 g/mol. The molecule has 0 atom stereocenters. The third-order valence-corrected chi connectivity index (χ3v) is 4.52. The van der Waals surface area contributed by atoms with Crippen LogP contribution in [0.1, 0.15) is 44.0 Å². The number of carbonyl (C=O) groups is 1. The zero-order chi connectivity index (χ0) is 17.7. The van der Waals surface area contributed by atoms with Crippen LogP contribution in [0.4, 0.5) is 4.39 Å². The van der Waals surface area contributed by atoms with Crippen LogP contribution in [0.5, 0.6) is 0 Å². The van der Waals surface area contributed by atoms with Crippen LogP contribution in [0.3, 0.4) is 0 Å². The lowest BCUT2D eigenvalue weighted by Crippen LogP contribution is -2.41. The summed E-state index contributed by atoms with van der Waals surface area (Å²) in [7, 11) is -1.15. The fraction of sp³-hybridized carbons (Fsp3) is 0.375. The van der Waals surface area contributed by atoms with Crippen molar-refractivity contribution in [3.05, 3.63) is 41.6 Å². The van der Waals surface area contributed by atoms with Gasteiger partial charge in [-0.05, 0) is 45.9 Å². The summed E-state index contributed by atoms with van der Waals surface area (Å²) in [6, 6.07) is 5.08. The van der Waals surface area contributed by atoms with Crippen LogP contribution in [-0.4, -0.2) is 38.8 Å². The average Bonchev–Trinajstić information content (AvgIpc) is 2.95. The molecule has 1 aliphatic rings. The number of pyridine rings is 1. The van der Waals surface area contributed by atoms with Crippen LogP contribution in [0.2, 0.25) is 0 Å². The third-order valence-electron chi connectivity index (χ3n) is 4.52. The molecule has 8 heteroatoms. The van der Waals surface area contributed by atoms with E-state index in [4.69, 9.17) is 9.31 Å². The van der Waals surface area contributed by atoms with Gasteiger partial charge in [0.15, 0.2) is 0 Å². The molecule has 0 saturated carbocycles. The van der Waals surface area contributed by atoms with Crippen molar-refractivity contribution >= 4 is 24.7 Å². The Labute approximate surface area is 139 Å². The summed E-state index contributed by atoms with van der Waals surface area (Å²) in [5.74, 6) is -1.37. The lowest BCUT2D eigenvalue weighted by Gasteiger charge is -2.32. The zero-order valence-corrected chi connectivity index (χ0v) is 13.9. The Kier molecular flexibility index (Phi) is 3.77. The Morgan fingerprint density at radius 2 is 1.92 bits per heavy atom. The number of aromatic nitrogens is 2. The first-order valence-corrected chi connectivity index (χ1v) is 7.55. The summed E-state index contributed by atoms with van der Waals surface area (Å²) in [5.41, 5.74) is -1.28. The Balaban J connectivity index is 2.00. The fourth-order valence-electron chi connectivity index (χ4n) is 2.47. The van der Waals surface area contributed by atoms with E-state index in [-0.39, 0.29) is 11.5 Å². The minimum absolute atomic E-state index is 0.182. The maximum atomic E-state index is 14.6. The van der Waals surface area contributed by atoms with E-state index < -0.39 is 30.0 Å². The molecule has 1 fully saturated rings. The number of fused-ring (bicyclic) bond motifs is 1. The summed E-state index contributed by atoms with van der Waals surface area (Å²) in [4.78, 5) is 15.3. The van der Waals surface area contributed by atoms with Gasteiger partial charge in [-0.15, -0.1) is 0 Å². The van der Waals surface area contributed by atoms with E-state index in [1.165, 1.54) is 4.40 Å². The van der Waals surface area contributed by atoms with E-state index in [1.54, 1.807) is 24.4 Å². The number of hydrogen-bond acceptors (Lipinski definition) is 4. The molecule has 0 aromatic carbocycles. The predicted octanol–water partition coefficient (Wildman–Crippen LogP) is 2.97. The highest BCUT2D eigenvalue weighted by Crippen LogP contribution is 2.39. The molecule has 3 heterocycles. The van der Waals surface area contributed by atoms with Crippen molar-refractivity contribution in [1.29, 1.82) is 0 Å². The molecule has 3 rings (SSSR count). The number of carboxylic acid groups (broad SMARTS) is 1. The van der Waals surface area contributed by atoms with Crippen LogP contribution in [0, 0.1) is 0 Å². The van der Waals surface area contributed by atoms with Crippen LogP contribution in [0.15, 0.2) is 30.1 Å². The highest BCUT2D eigenvalue weighted by molar-refractivity contribution is 6.54. The van der Waals surface area contributed by atoms with Gasteiger partial charge in [0.05, 0.1) is 22.4 Å². The summed E-state index contributed by atoms with van der Waals surface area (Å²) >= 11 is 0. The van der Waals surface area contributed by atoms with Gasteiger partial charge in [-0.2, -0.15) is 0 Å². The number of halogens is 1. The molecule has 6 nitrogen and oxygen atoms in total. The Hall–Kier alpha value is -2.19. The first kappa shape index (κ1) is 16.7. The van der Waals surface area contributed by atoms with Gasteiger partial charge in [0.1, 0.15) is 5.73 Å². The maximum absolute atomic E-state index is 14.6. The number of rotatable bonds is 3. The average molecular weight is 332 g/mol. The molecule has 0 aliphatic carbocycles. The summed E-state index contributed by atoms with van der Waals surface area (Å²) < 4.78 is 27.3. The van der Waals surface area contributed by atoms with Crippen molar-refractivity contribution < 1.29 is 23.6 Å². The van der Waals surface area contributed by atoms with E-state index in [2.05, 4.69) is 4.98 Å². The molecule has 0 radical (unpaired) electrons. The normalized spacial score (nSPS) is 19.9. The lowest BCUT2D eigenvalue weighted by molar-refractivity contribution is 0.00578. The van der Waals surface area contributed by atoms with Crippen LogP contribution < -0.4 is 0 Å². The van der Waals surface area contributed by atoms with Crippen molar-refractivity contribution in [2.45, 2.75) is 38.9 Å². The molecule has 126 valence electrons. The van der Waals surface area contributed by atoms with Gasteiger partial charge in [-0.25, -0.2) is 14.2 Å². The van der Waals surface area contributed by atoms with Gasteiger partial charge >= 0.3 is 13.1 Å². The summed E-state index contributed by atoms with van der Waals surface area (Å²) in [6.07, 6.45) is 2.72. The molecule has 0 unspecified atom stereocenters. The van der Waals surface area contributed by atoms with Gasteiger partial charge in [0, 0.05) is 6.20 Å². The highest BCUT2D eigenvalue weighted by atomic mass is 19.1. The summed E-state index contributed by atoms with van der Waals surface area (Å²) in [5, 5.41) is 9.23. The van der Waals surface area contributed by atoms with E-state index in [0.29, 0.717) is 5.52 Å². The largest absolute Gasteiger partial charge is 0.525 e. The van der Waals surface area contributed by atoms with Gasteiger partial charge in [-0.1, -0.05) is 6.07 Å². The Morgan fingerprint density at radius 1 is 1.29 bits per heavy atom. The minimum Gasteiger partial charge on any atom is -0.475 e. The van der Waals surface area contributed by atoms with Gasteiger partial charge in [0.2, 0.25) is 5.82 Å². The second-order valence-electron chi connectivity index (χ2n) is 6.70.